The molecular weight excluding hydrogens is 260 g/mol. The highest BCUT2D eigenvalue weighted by Crippen LogP contribution is 2.42. The monoisotopic (exact) mass is 286 g/mol. The number of fused-ring (bicyclic) bond motifs is 1. The number of imidazole rings is 1. The van der Waals surface area contributed by atoms with Crippen molar-refractivity contribution in [3.8, 4) is 0 Å². The molecule has 2 heterocycles. The van der Waals surface area contributed by atoms with Gasteiger partial charge in [0.15, 0.2) is 0 Å². The van der Waals surface area contributed by atoms with Crippen LogP contribution >= 0.6 is 0 Å². The molecule has 0 saturated carbocycles. The molecule has 2 aromatic rings. The molecule has 1 aliphatic rings. The van der Waals surface area contributed by atoms with Crippen molar-refractivity contribution in [3.63, 3.8) is 0 Å². The van der Waals surface area contributed by atoms with Gasteiger partial charge in [-0.3, -0.25) is 0 Å². The quantitative estimate of drug-likeness (QED) is 0.907. The second-order valence-electron chi connectivity index (χ2n) is 7.11. The maximum Gasteiger partial charge on any atom is 0.129 e. The first kappa shape index (κ1) is 14.4. The lowest BCUT2D eigenvalue weighted by Gasteiger charge is -2.35. The number of H-pyrrole nitrogens is 1. The Balaban J connectivity index is 2.12. The summed E-state index contributed by atoms with van der Waals surface area (Å²) >= 11 is 0. The van der Waals surface area contributed by atoms with Crippen LogP contribution in [0, 0.1) is 12.3 Å². The van der Waals surface area contributed by atoms with Gasteiger partial charge in [-0.2, -0.15) is 0 Å². The lowest BCUT2D eigenvalue weighted by Crippen LogP contribution is -2.31. The number of nitrogens with zero attached hydrogens (tertiary/aromatic N) is 2. The van der Waals surface area contributed by atoms with E-state index in [0.29, 0.717) is 0 Å². The van der Waals surface area contributed by atoms with E-state index in [1.54, 1.807) is 0 Å². The molecule has 0 spiro atoms. The highest BCUT2D eigenvalue weighted by Gasteiger charge is 2.34. The van der Waals surface area contributed by atoms with E-state index < -0.39 is 0 Å². The van der Waals surface area contributed by atoms with Crippen LogP contribution < -0.4 is 5.73 Å². The fourth-order valence-corrected chi connectivity index (χ4v) is 3.86. The fourth-order valence-electron chi connectivity index (χ4n) is 3.86. The third-order valence-electron chi connectivity index (χ3n) is 4.72. The molecule has 1 aliphatic carbocycles. The summed E-state index contributed by atoms with van der Waals surface area (Å²) in [6, 6.07) is 2.70. The molecule has 0 bridgehead atoms. The molecule has 21 heavy (non-hydrogen) atoms. The van der Waals surface area contributed by atoms with Crippen LogP contribution in [0.15, 0.2) is 18.5 Å². The molecule has 2 unspecified atom stereocenters. The van der Waals surface area contributed by atoms with Gasteiger partial charge in [-0.05, 0) is 43.2 Å². The van der Waals surface area contributed by atoms with Crippen molar-refractivity contribution < 1.29 is 0 Å². The lowest BCUT2D eigenvalue weighted by molar-refractivity contribution is 0.272. The van der Waals surface area contributed by atoms with E-state index in [1.165, 1.54) is 17.0 Å². The van der Waals surface area contributed by atoms with Crippen LogP contribution in [0.3, 0.4) is 0 Å². The molecule has 0 aliphatic heterocycles. The van der Waals surface area contributed by atoms with Crippen LogP contribution in [0.5, 0.6) is 0 Å². The third kappa shape index (κ3) is 2.42. The van der Waals surface area contributed by atoms with Crippen molar-refractivity contribution in [1.29, 1.82) is 0 Å². The van der Waals surface area contributed by atoms with Gasteiger partial charge in [0.25, 0.3) is 0 Å². The molecule has 2 atom stereocenters. The normalized spacial score (nSPS) is 22.0. The van der Waals surface area contributed by atoms with Gasteiger partial charge in [-0.1, -0.05) is 20.8 Å². The summed E-state index contributed by atoms with van der Waals surface area (Å²) in [5.41, 5.74) is 10.7. The van der Waals surface area contributed by atoms with Gasteiger partial charge in [0, 0.05) is 29.8 Å². The van der Waals surface area contributed by atoms with Crippen molar-refractivity contribution in [2.24, 2.45) is 11.1 Å². The SMILES string of the molecule is CCC(c1ncc[nH]1)n1c(C)cc2c1CC(C)(C)CC2N. The Morgan fingerprint density at radius 1 is 1.52 bits per heavy atom. The number of nitrogens with one attached hydrogen (secondary N) is 1. The van der Waals surface area contributed by atoms with Gasteiger partial charge < -0.3 is 15.3 Å². The van der Waals surface area contributed by atoms with E-state index in [0.717, 1.165) is 25.1 Å². The van der Waals surface area contributed by atoms with Crippen molar-refractivity contribution >= 4 is 0 Å². The molecule has 2 aromatic heterocycles. The van der Waals surface area contributed by atoms with Gasteiger partial charge in [-0.15, -0.1) is 0 Å². The minimum atomic E-state index is 0.151. The molecule has 0 saturated heterocycles. The van der Waals surface area contributed by atoms with Gasteiger partial charge in [-0.25, -0.2) is 4.98 Å². The van der Waals surface area contributed by atoms with E-state index in [2.05, 4.69) is 48.3 Å². The molecule has 0 fully saturated rings. The Morgan fingerprint density at radius 3 is 2.90 bits per heavy atom. The standard InChI is InChI=1S/C17H26N4/c1-5-14(16-19-6-7-20-16)21-11(2)8-12-13(18)9-17(3,4)10-15(12)21/h6-8,13-14H,5,9-10,18H2,1-4H3,(H,19,20). The van der Waals surface area contributed by atoms with Crippen LogP contribution in [-0.2, 0) is 6.42 Å². The maximum absolute atomic E-state index is 6.43. The number of hydrogen-bond donors (Lipinski definition) is 2. The Kier molecular flexibility index (Phi) is 3.44. The molecule has 3 rings (SSSR count). The Bertz CT molecular complexity index is 622. The molecule has 0 radical (unpaired) electrons. The Hall–Kier alpha value is -1.55. The summed E-state index contributed by atoms with van der Waals surface area (Å²) in [4.78, 5) is 7.76. The van der Waals surface area contributed by atoms with Crippen LogP contribution in [-0.4, -0.2) is 14.5 Å². The number of aryl methyl sites for hydroxylation is 1. The Labute approximate surface area is 126 Å². The average molecular weight is 286 g/mol. The molecule has 4 heteroatoms. The lowest BCUT2D eigenvalue weighted by atomic mass is 9.74. The number of aromatic amines is 1. The minimum Gasteiger partial charge on any atom is -0.347 e. The summed E-state index contributed by atoms with van der Waals surface area (Å²) in [7, 11) is 0. The topological polar surface area (TPSA) is 59.6 Å². The number of hydrogen-bond acceptors (Lipinski definition) is 2. The maximum atomic E-state index is 6.43. The van der Waals surface area contributed by atoms with Crippen LogP contribution in [0.25, 0.3) is 0 Å². The molecule has 114 valence electrons. The van der Waals surface area contributed by atoms with E-state index in [4.69, 9.17) is 5.73 Å². The molecule has 4 nitrogen and oxygen atoms in total. The Morgan fingerprint density at radius 2 is 2.29 bits per heavy atom. The van der Waals surface area contributed by atoms with Gasteiger partial charge in [0.2, 0.25) is 0 Å². The van der Waals surface area contributed by atoms with Crippen molar-refractivity contribution in [3.05, 3.63) is 41.2 Å². The largest absolute Gasteiger partial charge is 0.347 e. The first-order chi connectivity index (χ1) is 9.93. The van der Waals surface area contributed by atoms with Crippen LogP contribution in [0.2, 0.25) is 0 Å². The van der Waals surface area contributed by atoms with E-state index in [-0.39, 0.29) is 17.5 Å². The summed E-state index contributed by atoms with van der Waals surface area (Å²) in [6.07, 6.45) is 6.89. The minimum absolute atomic E-state index is 0.151. The van der Waals surface area contributed by atoms with Crippen molar-refractivity contribution in [1.82, 2.24) is 14.5 Å². The highest BCUT2D eigenvalue weighted by atomic mass is 15.1. The van der Waals surface area contributed by atoms with E-state index >= 15 is 0 Å². The zero-order valence-electron chi connectivity index (χ0n) is 13.5. The molecule has 0 aromatic carbocycles. The molecule has 0 amide bonds. The third-order valence-corrected chi connectivity index (χ3v) is 4.72. The summed E-state index contributed by atoms with van der Waals surface area (Å²) in [6.45, 7) is 9.03. The first-order valence-corrected chi connectivity index (χ1v) is 7.88. The highest BCUT2D eigenvalue weighted by molar-refractivity contribution is 5.35. The van der Waals surface area contributed by atoms with Crippen molar-refractivity contribution in [2.45, 2.75) is 59.0 Å². The second kappa shape index (κ2) is 5.02. The second-order valence-corrected chi connectivity index (χ2v) is 7.11. The number of aromatic nitrogens is 3. The zero-order valence-corrected chi connectivity index (χ0v) is 13.5. The van der Waals surface area contributed by atoms with Crippen molar-refractivity contribution in [2.75, 3.05) is 0 Å². The fraction of sp³-hybridized carbons (Fsp3) is 0.588. The zero-order chi connectivity index (χ0) is 15.2. The van der Waals surface area contributed by atoms with Crippen LogP contribution in [0.1, 0.15) is 68.5 Å². The predicted molar refractivity (Wildman–Crippen MR) is 85.2 cm³/mol. The van der Waals surface area contributed by atoms with Gasteiger partial charge in [0.1, 0.15) is 5.82 Å². The first-order valence-electron chi connectivity index (χ1n) is 7.88. The number of nitrogens with two attached hydrogens (primary N) is 1. The molecular formula is C17H26N4. The van der Waals surface area contributed by atoms with Crippen LogP contribution in [0.4, 0.5) is 0 Å². The number of rotatable bonds is 3. The summed E-state index contributed by atoms with van der Waals surface area (Å²) in [5, 5.41) is 0. The summed E-state index contributed by atoms with van der Waals surface area (Å²) in [5.74, 6) is 1.04. The van der Waals surface area contributed by atoms with Gasteiger partial charge in [0.05, 0.1) is 6.04 Å². The smallest absolute Gasteiger partial charge is 0.129 e. The summed E-state index contributed by atoms with van der Waals surface area (Å²) < 4.78 is 2.45. The van der Waals surface area contributed by atoms with E-state index in [9.17, 15) is 0 Å². The average Bonchev–Trinajstić information content (AvgIpc) is 3.00. The molecule has 3 N–H and O–H groups in total. The predicted octanol–water partition coefficient (Wildman–Crippen LogP) is 3.49. The van der Waals surface area contributed by atoms with E-state index in [1.807, 2.05) is 12.4 Å². The van der Waals surface area contributed by atoms with Gasteiger partial charge >= 0.3 is 0 Å².